The van der Waals surface area contributed by atoms with Crippen LogP contribution in [0, 0.1) is 5.92 Å². The Balaban J connectivity index is 2.93. The summed E-state index contributed by atoms with van der Waals surface area (Å²) in [6.07, 6.45) is 2.40. The van der Waals surface area contributed by atoms with E-state index in [9.17, 15) is 0 Å². The first-order valence-electron chi connectivity index (χ1n) is 2.73. The Labute approximate surface area is 50.6 Å². The molecule has 0 unspecified atom stereocenters. The Kier molecular flexibility index (Phi) is 4.32. The standard InChI is InChI=1S/C6H12NO/c1-6(2)4-8-5-7-3/h6H,4H2,1-3H3. The van der Waals surface area contributed by atoms with E-state index >= 15 is 0 Å². The first kappa shape index (κ1) is 7.47. The Bertz CT molecular complexity index is 68.9. The lowest BCUT2D eigenvalue weighted by atomic mass is 10.2. The van der Waals surface area contributed by atoms with Crippen LogP contribution in [0.15, 0.2) is 4.99 Å². The molecule has 0 spiro atoms. The SMILES string of the molecule is C/N=[C]/OCC(C)C. The number of aliphatic imine (C=N–C) groups is 1. The predicted molar refractivity (Wildman–Crippen MR) is 34.1 cm³/mol. The molecule has 0 aromatic rings. The molecule has 0 heterocycles. The van der Waals surface area contributed by atoms with Gasteiger partial charge in [-0.25, -0.2) is 0 Å². The van der Waals surface area contributed by atoms with Crippen LogP contribution in [0.2, 0.25) is 0 Å². The van der Waals surface area contributed by atoms with Crippen molar-refractivity contribution in [3.8, 4) is 0 Å². The van der Waals surface area contributed by atoms with Gasteiger partial charge in [0.1, 0.15) is 0 Å². The van der Waals surface area contributed by atoms with Gasteiger partial charge in [0.15, 0.2) is 0 Å². The van der Waals surface area contributed by atoms with Gasteiger partial charge in [0.05, 0.1) is 6.61 Å². The summed E-state index contributed by atoms with van der Waals surface area (Å²) in [5.74, 6) is 0.559. The van der Waals surface area contributed by atoms with Gasteiger partial charge in [-0.3, -0.25) is 4.99 Å². The lowest BCUT2D eigenvalue weighted by molar-refractivity contribution is 0.271. The van der Waals surface area contributed by atoms with E-state index in [0.717, 1.165) is 0 Å². The average Bonchev–Trinajstić information content (AvgIpc) is 1.66. The molecule has 0 fully saturated rings. The van der Waals surface area contributed by atoms with E-state index in [1.54, 1.807) is 7.05 Å². The predicted octanol–water partition coefficient (Wildman–Crippen LogP) is 1.19. The van der Waals surface area contributed by atoms with Crippen molar-refractivity contribution in [3.63, 3.8) is 0 Å². The van der Waals surface area contributed by atoms with Crippen LogP contribution in [0.1, 0.15) is 13.8 Å². The highest BCUT2D eigenvalue weighted by Gasteiger charge is 1.88. The highest BCUT2D eigenvalue weighted by atomic mass is 16.5. The molecule has 1 radical (unpaired) electrons. The fourth-order valence-electron chi connectivity index (χ4n) is 0.268. The highest BCUT2D eigenvalue weighted by Crippen LogP contribution is 1.89. The van der Waals surface area contributed by atoms with Crippen molar-refractivity contribution in [1.29, 1.82) is 0 Å². The molecule has 2 nitrogen and oxygen atoms in total. The van der Waals surface area contributed by atoms with E-state index < -0.39 is 0 Å². The van der Waals surface area contributed by atoms with Crippen molar-refractivity contribution >= 4 is 6.40 Å². The number of rotatable bonds is 3. The monoisotopic (exact) mass is 114 g/mol. The van der Waals surface area contributed by atoms with Crippen LogP contribution in [-0.2, 0) is 4.74 Å². The van der Waals surface area contributed by atoms with E-state index in [4.69, 9.17) is 4.74 Å². The molecule has 0 aliphatic carbocycles. The van der Waals surface area contributed by atoms with Gasteiger partial charge < -0.3 is 4.74 Å². The fraction of sp³-hybridized carbons (Fsp3) is 0.833. The van der Waals surface area contributed by atoms with Crippen molar-refractivity contribution in [1.82, 2.24) is 0 Å². The van der Waals surface area contributed by atoms with Gasteiger partial charge in [-0.05, 0) is 5.92 Å². The van der Waals surface area contributed by atoms with Gasteiger partial charge in [0, 0.05) is 7.05 Å². The van der Waals surface area contributed by atoms with Crippen LogP contribution >= 0.6 is 0 Å². The van der Waals surface area contributed by atoms with Crippen LogP contribution in [0.3, 0.4) is 0 Å². The Hall–Kier alpha value is -0.530. The third-order valence-electron chi connectivity index (χ3n) is 0.573. The van der Waals surface area contributed by atoms with Gasteiger partial charge in [-0.15, -0.1) is 0 Å². The van der Waals surface area contributed by atoms with Crippen molar-refractivity contribution in [2.45, 2.75) is 13.8 Å². The molecule has 0 saturated carbocycles. The van der Waals surface area contributed by atoms with E-state index in [1.807, 2.05) is 0 Å². The molecular weight excluding hydrogens is 102 g/mol. The summed E-state index contributed by atoms with van der Waals surface area (Å²) in [5.41, 5.74) is 0. The molecule has 0 aliphatic rings. The molecule has 0 bridgehead atoms. The largest absolute Gasteiger partial charge is 0.474 e. The zero-order valence-electron chi connectivity index (χ0n) is 5.64. The minimum absolute atomic E-state index is 0.559. The van der Waals surface area contributed by atoms with Crippen molar-refractivity contribution in [3.05, 3.63) is 0 Å². The quantitative estimate of drug-likeness (QED) is 0.399. The summed E-state index contributed by atoms with van der Waals surface area (Å²) in [5, 5.41) is 0. The summed E-state index contributed by atoms with van der Waals surface area (Å²) in [6, 6.07) is 0. The molecule has 0 amide bonds. The highest BCUT2D eigenvalue weighted by molar-refractivity contribution is 5.45. The van der Waals surface area contributed by atoms with Crippen molar-refractivity contribution in [2.75, 3.05) is 13.7 Å². The number of hydrogen-bond donors (Lipinski definition) is 0. The van der Waals surface area contributed by atoms with Crippen LogP contribution in [0.5, 0.6) is 0 Å². The molecule has 0 saturated heterocycles. The summed E-state index contributed by atoms with van der Waals surface area (Å²) >= 11 is 0. The maximum atomic E-state index is 4.83. The maximum Gasteiger partial charge on any atom is 0.272 e. The fourth-order valence-corrected chi connectivity index (χ4v) is 0.268. The Morgan fingerprint density at radius 1 is 1.62 bits per heavy atom. The zero-order chi connectivity index (χ0) is 6.41. The number of hydrogen-bond acceptors (Lipinski definition) is 2. The molecule has 0 rings (SSSR count). The van der Waals surface area contributed by atoms with Gasteiger partial charge in [-0.1, -0.05) is 13.8 Å². The molecular formula is C6H12NO. The molecule has 8 heavy (non-hydrogen) atoms. The second kappa shape index (κ2) is 4.62. The van der Waals surface area contributed by atoms with Gasteiger partial charge >= 0.3 is 0 Å². The summed E-state index contributed by atoms with van der Waals surface area (Å²) in [7, 11) is 1.64. The molecule has 47 valence electrons. The topological polar surface area (TPSA) is 21.6 Å². The summed E-state index contributed by atoms with van der Waals surface area (Å²) in [6.45, 7) is 4.87. The Morgan fingerprint density at radius 3 is 2.62 bits per heavy atom. The van der Waals surface area contributed by atoms with Crippen LogP contribution < -0.4 is 0 Å². The molecule has 2 heteroatoms. The normalized spacial score (nSPS) is 11.0. The average molecular weight is 114 g/mol. The van der Waals surface area contributed by atoms with Crippen LogP contribution in [-0.4, -0.2) is 20.1 Å². The number of nitrogens with zero attached hydrogens (tertiary/aromatic N) is 1. The minimum atomic E-state index is 0.559. The first-order chi connectivity index (χ1) is 3.77. The molecule has 0 aromatic heterocycles. The lowest BCUT2D eigenvalue weighted by Crippen LogP contribution is -1.99. The first-order valence-corrected chi connectivity index (χ1v) is 2.73. The van der Waals surface area contributed by atoms with Crippen molar-refractivity contribution in [2.24, 2.45) is 10.9 Å². The van der Waals surface area contributed by atoms with Gasteiger partial charge in [-0.2, -0.15) is 0 Å². The second-order valence-corrected chi connectivity index (χ2v) is 2.02. The smallest absolute Gasteiger partial charge is 0.272 e. The molecule has 0 aromatic carbocycles. The molecule has 0 N–H and O–H groups in total. The van der Waals surface area contributed by atoms with Crippen LogP contribution in [0.4, 0.5) is 0 Å². The third-order valence-corrected chi connectivity index (χ3v) is 0.573. The second-order valence-electron chi connectivity index (χ2n) is 2.02. The maximum absolute atomic E-state index is 4.83. The van der Waals surface area contributed by atoms with E-state index in [2.05, 4.69) is 25.2 Å². The van der Waals surface area contributed by atoms with Crippen LogP contribution in [0.25, 0.3) is 0 Å². The lowest BCUT2D eigenvalue weighted by Gasteiger charge is -1.99. The van der Waals surface area contributed by atoms with E-state index in [0.29, 0.717) is 12.5 Å². The zero-order valence-corrected chi connectivity index (χ0v) is 5.64. The summed E-state index contributed by atoms with van der Waals surface area (Å²) < 4.78 is 4.83. The minimum Gasteiger partial charge on any atom is -0.474 e. The molecule has 0 atom stereocenters. The third kappa shape index (κ3) is 5.47. The summed E-state index contributed by atoms with van der Waals surface area (Å²) in [4.78, 5) is 3.54. The van der Waals surface area contributed by atoms with E-state index in [1.165, 1.54) is 0 Å². The van der Waals surface area contributed by atoms with Gasteiger partial charge in [0.25, 0.3) is 6.40 Å². The van der Waals surface area contributed by atoms with Crippen molar-refractivity contribution < 1.29 is 4.74 Å². The van der Waals surface area contributed by atoms with E-state index in [-0.39, 0.29) is 0 Å². The van der Waals surface area contributed by atoms with Gasteiger partial charge in [0.2, 0.25) is 0 Å². The molecule has 0 aliphatic heterocycles. The number of ether oxygens (including phenoxy) is 1. The Morgan fingerprint density at radius 2 is 2.25 bits per heavy atom.